The number of rotatable bonds is 9. The molecule has 0 heterocycles. The molecule has 0 rings (SSSR count). The highest BCUT2D eigenvalue weighted by Crippen LogP contribution is 2.03. The lowest BCUT2D eigenvalue weighted by atomic mass is 10.1. The first-order valence-corrected chi connectivity index (χ1v) is 6.01. The first-order valence-electron chi connectivity index (χ1n) is 6.01. The predicted octanol–water partition coefficient (Wildman–Crippen LogP) is -0.806. The van der Waals surface area contributed by atoms with Gasteiger partial charge in [0.2, 0.25) is 5.91 Å². The Morgan fingerprint density at radius 1 is 1.00 bits per heavy atom. The molecule has 0 saturated carbocycles. The van der Waals surface area contributed by atoms with Crippen LogP contribution in [-0.2, 0) is 19.2 Å². The van der Waals surface area contributed by atoms with Gasteiger partial charge in [-0.2, -0.15) is 0 Å². The smallest absolute Gasteiger partial charge is 0.241 e. The fraction of sp³-hybridized carbons (Fsp3) is 0.667. The number of nitrogens with one attached hydrogen (secondary N) is 1. The number of hydrazine groups is 1. The van der Waals surface area contributed by atoms with E-state index in [1.54, 1.807) is 0 Å². The number of Topliss-reactive ketones (excluding diaryl/α,β-unsaturated/α-hetero) is 3. The highest BCUT2D eigenvalue weighted by Gasteiger charge is 2.25. The van der Waals surface area contributed by atoms with Crippen LogP contribution in [0.3, 0.4) is 0 Å². The lowest BCUT2D eigenvalue weighted by Gasteiger charge is -2.25. The molecule has 0 fully saturated rings. The number of amides is 1. The van der Waals surface area contributed by atoms with Crippen molar-refractivity contribution in [1.82, 2.24) is 10.3 Å². The van der Waals surface area contributed by atoms with Crippen LogP contribution in [0.1, 0.15) is 33.6 Å². The van der Waals surface area contributed by atoms with Gasteiger partial charge < -0.3 is 9.69 Å². The maximum Gasteiger partial charge on any atom is 0.241 e. The van der Waals surface area contributed by atoms with E-state index in [2.05, 4.69) is 5.43 Å². The van der Waals surface area contributed by atoms with Crippen LogP contribution in [-0.4, -0.2) is 47.3 Å². The monoisotopic (exact) mass is 271 g/mol. The van der Waals surface area contributed by atoms with E-state index in [4.69, 9.17) is 5.84 Å². The maximum atomic E-state index is 12.1. The second-order valence-corrected chi connectivity index (χ2v) is 4.56. The molecule has 0 aliphatic rings. The third-order valence-electron chi connectivity index (χ3n) is 2.42. The van der Waals surface area contributed by atoms with Crippen LogP contribution in [0.25, 0.3) is 0 Å². The van der Waals surface area contributed by atoms with Crippen molar-refractivity contribution in [2.24, 2.45) is 5.84 Å². The minimum absolute atomic E-state index is 0.0577. The molecule has 1 atom stereocenters. The van der Waals surface area contributed by atoms with Crippen molar-refractivity contribution in [1.29, 1.82) is 0 Å². The summed E-state index contributed by atoms with van der Waals surface area (Å²) in [6.45, 7) is 3.80. The van der Waals surface area contributed by atoms with Gasteiger partial charge in [-0.25, -0.2) is 5.43 Å². The molecule has 1 unspecified atom stereocenters. The van der Waals surface area contributed by atoms with Gasteiger partial charge in [-0.15, -0.1) is 0 Å². The molecular formula is C12H21N3O4. The zero-order valence-electron chi connectivity index (χ0n) is 11.6. The highest BCUT2D eigenvalue weighted by molar-refractivity contribution is 5.91. The summed E-state index contributed by atoms with van der Waals surface area (Å²) < 4.78 is 0. The van der Waals surface area contributed by atoms with Crippen LogP contribution in [0.2, 0.25) is 0 Å². The molecule has 7 nitrogen and oxygen atoms in total. The predicted molar refractivity (Wildman–Crippen MR) is 69.0 cm³/mol. The minimum atomic E-state index is -0.775. The number of carbonyl (C=O) groups excluding carboxylic acids is 4. The summed E-state index contributed by atoms with van der Waals surface area (Å²) in [5.74, 6) is 4.32. The first-order chi connectivity index (χ1) is 8.77. The van der Waals surface area contributed by atoms with Crippen molar-refractivity contribution in [3.05, 3.63) is 0 Å². The van der Waals surface area contributed by atoms with Crippen molar-refractivity contribution in [2.45, 2.75) is 39.7 Å². The maximum absolute atomic E-state index is 12.1. The normalized spacial score (nSPS) is 11.8. The molecule has 0 bridgehead atoms. The molecule has 7 heteroatoms. The Kier molecular flexibility index (Phi) is 7.78. The summed E-state index contributed by atoms with van der Waals surface area (Å²) in [5, 5.41) is 0. The number of nitrogens with two attached hydrogens (primary N) is 1. The Balaban J connectivity index is 4.76. The van der Waals surface area contributed by atoms with Crippen molar-refractivity contribution in [3.63, 3.8) is 0 Å². The van der Waals surface area contributed by atoms with E-state index in [9.17, 15) is 19.2 Å². The van der Waals surface area contributed by atoms with E-state index >= 15 is 0 Å². The summed E-state index contributed by atoms with van der Waals surface area (Å²) in [6, 6.07) is -0.775. The second kappa shape index (κ2) is 8.49. The second-order valence-electron chi connectivity index (χ2n) is 4.56. The van der Waals surface area contributed by atoms with E-state index in [-0.39, 0.29) is 43.3 Å². The van der Waals surface area contributed by atoms with E-state index in [1.807, 2.05) is 0 Å². The van der Waals surface area contributed by atoms with Crippen molar-refractivity contribution >= 4 is 23.3 Å². The number of hydrogen-bond acceptors (Lipinski definition) is 6. The number of hydrogen-bond donors (Lipinski definition) is 2. The van der Waals surface area contributed by atoms with Crippen molar-refractivity contribution in [2.75, 3.05) is 13.1 Å². The van der Waals surface area contributed by atoms with Crippen LogP contribution in [0, 0.1) is 0 Å². The third kappa shape index (κ3) is 7.43. The average Bonchev–Trinajstić information content (AvgIpc) is 2.27. The average molecular weight is 271 g/mol. The zero-order chi connectivity index (χ0) is 15.0. The molecular weight excluding hydrogens is 250 g/mol. The molecule has 0 spiro atoms. The van der Waals surface area contributed by atoms with Crippen LogP contribution in [0.5, 0.6) is 0 Å². The molecule has 0 aliphatic carbocycles. The van der Waals surface area contributed by atoms with Gasteiger partial charge in [0.25, 0.3) is 0 Å². The molecule has 108 valence electrons. The fourth-order valence-electron chi connectivity index (χ4n) is 1.60. The van der Waals surface area contributed by atoms with Gasteiger partial charge in [0.15, 0.2) is 0 Å². The Labute approximate surface area is 112 Å². The van der Waals surface area contributed by atoms with Crippen molar-refractivity contribution < 1.29 is 19.2 Å². The van der Waals surface area contributed by atoms with Gasteiger partial charge in [-0.05, 0) is 27.2 Å². The van der Waals surface area contributed by atoms with Gasteiger partial charge in [-0.3, -0.25) is 20.2 Å². The van der Waals surface area contributed by atoms with Gasteiger partial charge in [0, 0.05) is 6.42 Å². The van der Waals surface area contributed by atoms with Crippen LogP contribution in [0.4, 0.5) is 0 Å². The number of ketones is 3. The van der Waals surface area contributed by atoms with Gasteiger partial charge in [-0.1, -0.05) is 0 Å². The lowest BCUT2D eigenvalue weighted by Crippen LogP contribution is -2.51. The summed E-state index contributed by atoms with van der Waals surface area (Å²) in [4.78, 5) is 46.4. The summed E-state index contributed by atoms with van der Waals surface area (Å²) in [5.41, 5.74) is 2.32. The van der Waals surface area contributed by atoms with Crippen molar-refractivity contribution in [3.8, 4) is 0 Å². The minimum Gasteiger partial charge on any atom is -0.327 e. The fourth-order valence-corrected chi connectivity index (χ4v) is 1.60. The molecule has 0 aromatic carbocycles. The molecule has 0 aromatic heterocycles. The van der Waals surface area contributed by atoms with Crippen LogP contribution >= 0.6 is 0 Å². The molecule has 0 saturated heterocycles. The molecule has 3 N–H and O–H groups in total. The summed E-state index contributed by atoms with van der Waals surface area (Å²) in [7, 11) is 0. The standard InChI is InChI=1S/C12H21N3O4/c1-8(16)4-5-11(14-13)12(19)15(6-9(2)17)7-10(3)18/h11,14H,4-7,13H2,1-3H3. The lowest BCUT2D eigenvalue weighted by molar-refractivity contribution is -0.139. The molecule has 0 radical (unpaired) electrons. The summed E-state index contributed by atoms with van der Waals surface area (Å²) >= 11 is 0. The van der Waals surface area contributed by atoms with Gasteiger partial charge >= 0.3 is 0 Å². The SMILES string of the molecule is CC(=O)CCC(NN)C(=O)N(CC(C)=O)CC(C)=O. The van der Waals surface area contributed by atoms with E-state index in [0.29, 0.717) is 0 Å². The number of nitrogens with zero attached hydrogens (tertiary/aromatic N) is 1. The van der Waals surface area contributed by atoms with Gasteiger partial charge in [0.05, 0.1) is 13.1 Å². The van der Waals surface area contributed by atoms with Crippen LogP contribution < -0.4 is 11.3 Å². The van der Waals surface area contributed by atoms with Gasteiger partial charge in [0.1, 0.15) is 23.4 Å². The molecule has 0 aromatic rings. The quantitative estimate of drug-likeness (QED) is 0.419. The Morgan fingerprint density at radius 3 is 1.79 bits per heavy atom. The Bertz CT molecular complexity index is 352. The third-order valence-corrected chi connectivity index (χ3v) is 2.42. The Morgan fingerprint density at radius 2 is 1.47 bits per heavy atom. The van der Waals surface area contributed by atoms with E-state index < -0.39 is 11.9 Å². The van der Waals surface area contributed by atoms with E-state index in [0.717, 1.165) is 4.90 Å². The highest BCUT2D eigenvalue weighted by atomic mass is 16.2. The zero-order valence-corrected chi connectivity index (χ0v) is 11.6. The molecule has 0 aliphatic heterocycles. The largest absolute Gasteiger partial charge is 0.327 e. The molecule has 19 heavy (non-hydrogen) atoms. The van der Waals surface area contributed by atoms with Crippen LogP contribution in [0.15, 0.2) is 0 Å². The topological polar surface area (TPSA) is 110 Å². The molecule has 1 amide bonds. The summed E-state index contributed by atoms with van der Waals surface area (Å²) in [6.07, 6.45) is 0.436. The first kappa shape index (κ1) is 17.4. The Hall–Kier alpha value is -1.60. The number of carbonyl (C=O) groups is 4. The van der Waals surface area contributed by atoms with E-state index in [1.165, 1.54) is 20.8 Å².